The van der Waals surface area contributed by atoms with Crippen LogP contribution in [-0.4, -0.2) is 42.6 Å². The molecule has 2 aliphatic rings. The van der Waals surface area contributed by atoms with E-state index in [1.807, 2.05) is 18.2 Å². The van der Waals surface area contributed by atoms with Gasteiger partial charge in [-0.2, -0.15) is 4.98 Å². The molecule has 0 radical (unpaired) electrons. The Morgan fingerprint density at radius 3 is 2.86 bits per heavy atom. The smallest absolute Gasteiger partial charge is 0.225 e. The summed E-state index contributed by atoms with van der Waals surface area (Å²) >= 11 is 0. The number of unbranched alkanes of at least 4 members (excludes halogenated alkanes) is 1. The number of hydrogen-bond donors (Lipinski definition) is 1. The summed E-state index contributed by atoms with van der Waals surface area (Å²) in [5.74, 6) is 2.21. The first-order valence-corrected chi connectivity index (χ1v) is 10.0. The minimum Gasteiger partial charge on any atom is -0.497 e. The number of benzene rings is 1. The number of ether oxygens (including phenoxy) is 2. The van der Waals surface area contributed by atoms with Crippen molar-refractivity contribution in [3.05, 3.63) is 47.0 Å². The van der Waals surface area contributed by atoms with Crippen molar-refractivity contribution in [1.82, 2.24) is 9.88 Å². The van der Waals surface area contributed by atoms with Crippen LogP contribution in [0.1, 0.15) is 36.0 Å². The van der Waals surface area contributed by atoms with Crippen molar-refractivity contribution < 1.29 is 14.3 Å². The number of pyridine rings is 1. The number of nitrogens with zero attached hydrogens (tertiary/aromatic N) is 2. The zero-order valence-electron chi connectivity index (χ0n) is 16.4. The highest BCUT2D eigenvalue weighted by atomic mass is 16.5. The van der Waals surface area contributed by atoms with Crippen molar-refractivity contribution in [3.63, 3.8) is 0 Å². The van der Waals surface area contributed by atoms with Crippen LogP contribution in [-0.2, 0) is 24.2 Å². The molecule has 0 unspecified atom stereocenters. The van der Waals surface area contributed by atoms with Crippen LogP contribution in [0.15, 0.2) is 30.3 Å². The van der Waals surface area contributed by atoms with E-state index in [0.717, 1.165) is 56.6 Å². The van der Waals surface area contributed by atoms with E-state index >= 15 is 0 Å². The molecule has 1 aromatic heterocycles. The quantitative estimate of drug-likeness (QED) is 0.747. The zero-order valence-corrected chi connectivity index (χ0v) is 16.4. The second-order valence-corrected chi connectivity index (χ2v) is 7.42. The summed E-state index contributed by atoms with van der Waals surface area (Å²) in [5, 5.41) is 2.82. The first-order chi connectivity index (χ1) is 13.7. The molecule has 0 atom stereocenters. The van der Waals surface area contributed by atoms with Gasteiger partial charge in [0.05, 0.1) is 13.7 Å². The average Bonchev–Trinajstić information content (AvgIpc) is 2.72. The fourth-order valence-electron chi connectivity index (χ4n) is 3.82. The lowest BCUT2D eigenvalue weighted by Gasteiger charge is -2.29. The molecule has 6 heteroatoms. The molecule has 3 heterocycles. The van der Waals surface area contributed by atoms with Gasteiger partial charge in [0.2, 0.25) is 11.8 Å². The second kappa shape index (κ2) is 8.61. The van der Waals surface area contributed by atoms with Crippen LogP contribution >= 0.6 is 0 Å². The second-order valence-electron chi connectivity index (χ2n) is 7.42. The minimum absolute atomic E-state index is 0.0266. The highest BCUT2D eigenvalue weighted by Crippen LogP contribution is 2.25. The van der Waals surface area contributed by atoms with Crippen molar-refractivity contribution >= 4 is 11.7 Å². The van der Waals surface area contributed by atoms with E-state index in [9.17, 15) is 4.79 Å². The van der Waals surface area contributed by atoms with Gasteiger partial charge in [-0.3, -0.25) is 9.69 Å². The third-order valence-electron chi connectivity index (χ3n) is 5.46. The first kappa shape index (κ1) is 18.7. The molecule has 0 saturated heterocycles. The number of aromatic nitrogens is 1. The van der Waals surface area contributed by atoms with Crippen molar-refractivity contribution in [2.75, 3.05) is 32.1 Å². The first-order valence-electron chi connectivity index (χ1n) is 10.0. The van der Waals surface area contributed by atoms with Crippen molar-refractivity contribution in [3.8, 4) is 11.6 Å². The summed E-state index contributed by atoms with van der Waals surface area (Å²) in [6.07, 6.45) is 4.43. The van der Waals surface area contributed by atoms with Crippen LogP contribution in [0.3, 0.4) is 0 Å². The van der Waals surface area contributed by atoms with E-state index in [0.29, 0.717) is 24.7 Å². The lowest BCUT2D eigenvalue weighted by atomic mass is 9.99. The number of amides is 1. The van der Waals surface area contributed by atoms with E-state index in [-0.39, 0.29) is 5.91 Å². The van der Waals surface area contributed by atoms with Crippen LogP contribution in [0.5, 0.6) is 11.6 Å². The Hall–Kier alpha value is -2.60. The molecular weight excluding hydrogens is 354 g/mol. The lowest BCUT2D eigenvalue weighted by Crippen LogP contribution is -2.31. The Balaban J connectivity index is 1.19. The fourth-order valence-corrected chi connectivity index (χ4v) is 3.82. The predicted molar refractivity (Wildman–Crippen MR) is 108 cm³/mol. The molecule has 0 aliphatic carbocycles. The molecule has 1 aromatic carbocycles. The van der Waals surface area contributed by atoms with Gasteiger partial charge in [0.25, 0.3) is 0 Å². The molecule has 4 rings (SSSR count). The number of hydrogen-bond acceptors (Lipinski definition) is 5. The van der Waals surface area contributed by atoms with Gasteiger partial charge < -0.3 is 14.8 Å². The highest BCUT2D eigenvalue weighted by molar-refractivity contribution is 5.92. The average molecular weight is 381 g/mol. The molecule has 28 heavy (non-hydrogen) atoms. The number of rotatable bonds is 7. The minimum atomic E-state index is 0.0266. The predicted octanol–water partition coefficient (Wildman–Crippen LogP) is 3.19. The Bertz CT molecular complexity index is 853. The van der Waals surface area contributed by atoms with Gasteiger partial charge in [0, 0.05) is 25.6 Å². The Labute approximate surface area is 165 Å². The zero-order chi connectivity index (χ0) is 19.3. The van der Waals surface area contributed by atoms with Gasteiger partial charge in [0.15, 0.2) is 0 Å². The maximum atomic E-state index is 11.5. The Kier molecular flexibility index (Phi) is 5.76. The fraction of sp³-hybridized carbons (Fsp3) is 0.455. The highest BCUT2D eigenvalue weighted by Gasteiger charge is 2.17. The monoisotopic (exact) mass is 381 g/mol. The molecule has 0 saturated carbocycles. The van der Waals surface area contributed by atoms with E-state index < -0.39 is 0 Å². The topological polar surface area (TPSA) is 63.7 Å². The summed E-state index contributed by atoms with van der Waals surface area (Å²) in [6, 6.07) is 10.3. The largest absolute Gasteiger partial charge is 0.497 e. The van der Waals surface area contributed by atoms with E-state index in [4.69, 9.17) is 9.47 Å². The maximum absolute atomic E-state index is 11.5. The molecule has 6 nitrogen and oxygen atoms in total. The van der Waals surface area contributed by atoms with Crippen molar-refractivity contribution in [2.45, 2.75) is 38.6 Å². The van der Waals surface area contributed by atoms with Gasteiger partial charge in [-0.15, -0.1) is 0 Å². The Morgan fingerprint density at radius 2 is 1.96 bits per heavy atom. The molecular formula is C22H27N3O3. The van der Waals surface area contributed by atoms with Gasteiger partial charge in [0.1, 0.15) is 11.6 Å². The summed E-state index contributed by atoms with van der Waals surface area (Å²) in [7, 11) is 1.72. The summed E-state index contributed by atoms with van der Waals surface area (Å²) in [5.41, 5.74) is 3.89. The molecule has 1 amide bonds. The molecule has 0 bridgehead atoms. The molecule has 2 aliphatic heterocycles. The normalized spacial score (nSPS) is 16.1. The van der Waals surface area contributed by atoms with Gasteiger partial charge in [-0.25, -0.2) is 0 Å². The van der Waals surface area contributed by atoms with Crippen LogP contribution in [0.2, 0.25) is 0 Å². The molecule has 2 aromatic rings. The van der Waals surface area contributed by atoms with Crippen molar-refractivity contribution in [2.24, 2.45) is 0 Å². The SMILES string of the molecule is COc1ccc2c(c1)CCN(CCCCOc1ccc3c(n1)NC(=O)CC3)C2. The third kappa shape index (κ3) is 4.44. The van der Waals surface area contributed by atoms with Crippen LogP contribution in [0.25, 0.3) is 0 Å². The number of carbonyl (C=O) groups is 1. The number of carbonyl (C=O) groups excluding carboxylic acids is 1. The van der Waals surface area contributed by atoms with Crippen molar-refractivity contribution in [1.29, 1.82) is 0 Å². The van der Waals surface area contributed by atoms with E-state index in [1.54, 1.807) is 7.11 Å². The van der Waals surface area contributed by atoms with Gasteiger partial charge >= 0.3 is 0 Å². The number of anilines is 1. The van der Waals surface area contributed by atoms with Crippen LogP contribution in [0.4, 0.5) is 5.82 Å². The summed E-state index contributed by atoms with van der Waals surface area (Å²) in [4.78, 5) is 18.4. The van der Waals surface area contributed by atoms with E-state index in [2.05, 4.69) is 27.3 Å². The number of methoxy groups -OCH3 is 1. The Morgan fingerprint density at radius 1 is 1.07 bits per heavy atom. The molecule has 0 fully saturated rings. The van der Waals surface area contributed by atoms with Gasteiger partial charge in [-0.1, -0.05) is 6.07 Å². The van der Waals surface area contributed by atoms with E-state index in [1.165, 1.54) is 11.1 Å². The molecule has 1 N–H and O–H groups in total. The molecule has 148 valence electrons. The van der Waals surface area contributed by atoms with Crippen LogP contribution in [0, 0.1) is 0 Å². The maximum Gasteiger partial charge on any atom is 0.225 e. The van der Waals surface area contributed by atoms with Gasteiger partial charge in [-0.05, 0) is 67.1 Å². The number of aryl methyl sites for hydroxylation is 1. The third-order valence-corrected chi connectivity index (χ3v) is 5.46. The lowest BCUT2D eigenvalue weighted by molar-refractivity contribution is -0.116. The summed E-state index contributed by atoms with van der Waals surface area (Å²) in [6.45, 7) is 3.81. The number of nitrogens with one attached hydrogen (secondary N) is 1. The van der Waals surface area contributed by atoms with Crippen LogP contribution < -0.4 is 14.8 Å². The number of fused-ring (bicyclic) bond motifs is 2. The standard InChI is InChI=1S/C22H27N3O3/c1-27-19-7-4-18-15-25(12-10-17(18)14-19)11-2-3-13-28-21-9-6-16-5-8-20(26)23-22(16)24-21/h4,6-7,9,14H,2-3,5,8,10-13,15H2,1H3,(H,23,24,26). The summed E-state index contributed by atoms with van der Waals surface area (Å²) < 4.78 is 11.1. The molecule has 0 spiro atoms.